The average molecular weight is 275 g/mol. The first-order valence-electron chi connectivity index (χ1n) is 6.09. The summed E-state index contributed by atoms with van der Waals surface area (Å²) in [5, 5.41) is 7.45. The molecule has 1 N–H and O–H groups in total. The van der Waals surface area contributed by atoms with Crippen molar-refractivity contribution in [3.05, 3.63) is 40.2 Å². The second kappa shape index (κ2) is 5.57. The van der Waals surface area contributed by atoms with Crippen LogP contribution in [0.25, 0.3) is 0 Å². The third kappa shape index (κ3) is 2.87. The monoisotopic (exact) mass is 275 g/mol. The minimum absolute atomic E-state index is 0.126. The van der Waals surface area contributed by atoms with E-state index in [0.29, 0.717) is 0 Å². The third-order valence-electron chi connectivity index (χ3n) is 3.23. The minimum atomic E-state index is 0.126. The van der Waals surface area contributed by atoms with Crippen molar-refractivity contribution in [3.8, 4) is 0 Å². The Kier molecular flexibility index (Phi) is 4.04. The van der Waals surface area contributed by atoms with Crippen molar-refractivity contribution in [2.75, 3.05) is 0 Å². The quantitative estimate of drug-likeness (QED) is 0.687. The van der Waals surface area contributed by atoms with Gasteiger partial charge in [0.2, 0.25) is 0 Å². The predicted molar refractivity (Wildman–Crippen MR) is 76.6 cm³/mol. The van der Waals surface area contributed by atoms with Gasteiger partial charge in [0.25, 0.3) is 0 Å². The molecule has 2 rings (SSSR count). The Labute approximate surface area is 117 Å². The van der Waals surface area contributed by atoms with E-state index >= 15 is 0 Å². The molecule has 100 valence electrons. The summed E-state index contributed by atoms with van der Waals surface area (Å²) in [6, 6.07) is 2.08. The van der Waals surface area contributed by atoms with Crippen LogP contribution >= 0.6 is 11.8 Å². The number of nitrogens with one attached hydrogen (secondary N) is 1. The fourth-order valence-corrected chi connectivity index (χ4v) is 3.36. The molecule has 0 saturated carbocycles. The average Bonchev–Trinajstić information content (AvgIpc) is 2.80. The van der Waals surface area contributed by atoms with Crippen LogP contribution in [0.4, 0.5) is 0 Å². The number of Topliss-reactive ketones (excluding diaryl/α,β-unsaturated/α-hetero) is 1. The molecule has 1 aromatic heterocycles. The van der Waals surface area contributed by atoms with E-state index in [2.05, 4.69) is 28.2 Å². The third-order valence-corrected chi connectivity index (χ3v) is 4.13. The Morgan fingerprint density at radius 1 is 1.32 bits per heavy atom. The number of hydrogen-bond acceptors (Lipinski definition) is 4. The van der Waals surface area contributed by atoms with E-state index in [-0.39, 0.29) is 5.78 Å². The smallest absolute Gasteiger partial charge is 0.183 e. The molecule has 0 aliphatic carbocycles. The van der Waals surface area contributed by atoms with Gasteiger partial charge >= 0.3 is 0 Å². The molecule has 0 fully saturated rings. The molecule has 0 amide bonds. The first-order chi connectivity index (χ1) is 9.00. The van der Waals surface area contributed by atoms with Crippen LogP contribution in [0.1, 0.15) is 39.5 Å². The lowest BCUT2D eigenvalue weighted by Crippen LogP contribution is -2.05. The number of H-pyrrole nitrogens is 1. The van der Waals surface area contributed by atoms with Crippen LogP contribution in [0.15, 0.2) is 17.6 Å². The Morgan fingerprint density at radius 2 is 2.05 bits per heavy atom. The zero-order chi connectivity index (χ0) is 14.0. The zero-order valence-corrected chi connectivity index (χ0v) is 12.4. The number of rotatable bonds is 4. The molecular weight excluding hydrogens is 258 g/mol. The minimum Gasteiger partial charge on any atom is -0.294 e. The number of aromatic nitrogens is 3. The van der Waals surface area contributed by atoms with E-state index in [1.807, 2.05) is 13.8 Å². The Morgan fingerprint density at radius 3 is 2.63 bits per heavy atom. The van der Waals surface area contributed by atoms with Gasteiger partial charge in [-0.1, -0.05) is 17.8 Å². The molecule has 4 nitrogen and oxygen atoms in total. The van der Waals surface area contributed by atoms with Gasteiger partial charge in [-0.3, -0.25) is 9.89 Å². The van der Waals surface area contributed by atoms with E-state index in [0.717, 1.165) is 27.6 Å². The van der Waals surface area contributed by atoms with Gasteiger partial charge in [0.05, 0.1) is 0 Å². The molecule has 0 radical (unpaired) electrons. The first kappa shape index (κ1) is 13.8. The van der Waals surface area contributed by atoms with Crippen molar-refractivity contribution in [1.82, 2.24) is 15.2 Å². The summed E-state index contributed by atoms with van der Waals surface area (Å²) in [4.78, 5) is 15.8. The number of ketones is 1. The number of aromatic amines is 1. The standard InChI is InChI=1S/C14H17N3OS/c1-8-5-9(2)13(11(4)18)10(3)12(8)6-19-14-15-7-16-17-14/h5,7H,6H2,1-4H3,(H,15,16,17). The van der Waals surface area contributed by atoms with E-state index in [1.54, 1.807) is 18.7 Å². The molecule has 0 saturated heterocycles. The van der Waals surface area contributed by atoms with Gasteiger partial charge in [0, 0.05) is 11.3 Å². The van der Waals surface area contributed by atoms with Crippen molar-refractivity contribution < 1.29 is 4.79 Å². The summed E-state index contributed by atoms with van der Waals surface area (Å²) in [5.41, 5.74) is 5.40. The van der Waals surface area contributed by atoms with Crippen LogP contribution < -0.4 is 0 Å². The highest BCUT2D eigenvalue weighted by molar-refractivity contribution is 7.98. The Balaban J connectivity index is 2.34. The van der Waals surface area contributed by atoms with Gasteiger partial charge in [-0.2, -0.15) is 5.10 Å². The first-order valence-corrected chi connectivity index (χ1v) is 7.08. The predicted octanol–water partition coefficient (Wildman–Crippen LogP) is 3.22. The molecule has 0 aliphatic rings. The van der Waals surface area contributed by atoms with Crippen LogP contribution in [0.3, 0.4) is 0 Å². The molecule has 0 atom stereocenters. The molecule has 1 heterocycles. The SMILES string of the molecule is CC(=O)c1c(C)cc(C)c(CSc2ncn[nH]2)c1C. The molecule has 0 bridgehead atoms. The van der Waals surface area contributed by atoms with Crippen LogP contribution in [0, 0.1) is 20.8 Å². The van der Waals surface area contributed by atoms with E-state index < -0.39 is 0 Å². The summed E-state index contributed by atoms with van der Waals surface area (Å²) in [6.07, 6.45) is 1.50. The number of thioether (sulfide) groups is 1. The summed E-state index contributed by atoms with van der Waals surface area (Å²) in [7, 11) is 0. The number of aryl methyl sites for hydroxylation is 2. The van der Waals surface area contributed by atoms with Crippen molar-refractivity contribution in [2.24, 2.45) is 0 Å². The van der Waals surface area contributed by atoms with Crippen molar-refractivity contribution >= 4 is 17.5 Å². The fraction of sp³-hybridized carbons (Fsp3) is 0.357. The van der Waals surface area contributed by atoms with Crippen molar-refractivity contribution in [3.63, 3.8) is 0 Å². The molecule has 5 heteroatoms. The number of nitrogens with zero attached hydrogens (tertiary/aromatic N) is 2. The molecule has 19 heavy (non-hydrogen) atoms. The molecule has 2 aromatic rings. The van der Waals surface area contributed by atoms with Gasteiger partial charge in [-0.15, -0.1) is 0 Å². The molecule has 0 aliphatic heterocycles. The maximum Gasteiger partial charge on any atom is 0.183 e. The number of carbonyl (C=O) groups is 1. The van der Waals surface area contributed by atoms with Gasteiger partial charge in [0.15, 0.2) is 10.9 Å². The van der Waals surface area contributed by atoms with E-state index in [4.69, 9.17) is 0 Å². The number of carbonyl (C=O) groups excluding carboxylic acids is 1. The summed E-state index contributed by atoms with van der Waals surface area (Å²) < 4.78 is 0. The van der Waals surface area contributed by atoms with Gasteiger partial charge in [-0.05, 0) is 49.9 Å². The highest BCUT2D eigenvalue weighted by Crippen LogP contribution is 2.28. The van der Waals surface area contributed by atoms with E-state index in [1.165, 1.54) is 17.5 Å². The Bertz CT molecular complexity index is 606. The summed E-state index contributed by atoms with van der Waals surface area (Å²) >= 11 is 1.59. The molecular formula is C14H17N3OS. The fourth-order valence-electron chi connectivity index (χ4n) is 2.39. The normalized spacial score (nSPS) is 10.7. The lowest BCUT2D eigenvalue weighted by atomic mass is 9.92. The van der Waals surface area contributed by atoms with Crippen molar-refractivity contribution in [2.45, 2.75) is 38.6 Å². The van der Waals surface area contributed by atoms with Crippen molar-refractivity contribution in [1.29, 1.82) is 0 Å². The zero-order valence-electron chi connectivity index (χ0n) is 11.6. The van der Waals surface area contributed by atoms with Crippen LogP contribution in [0.5, 0.6) is 0 Å². The lowest BCUT2D eigenvalue weighted by molar-refractivity contribution is 0.101. The topological polar surface area (TPSA) is 58.6 Å². The maximum atomic E-state index is 11.7. The maximum absolute atomic E-state index is 11.7. The highest BCUT2D eigenvalue weighted by atomic mass is 32.2. The van der Waals surface area contributed by atoms with E-state index in [9.17, 15) is 4.79 Å². The second-order valence-electron chi connectivity index (χ2n) is 4.62. The molecule has 0 spiro atoms. The number of benzene rings is 1. The van der Waals surface area contributed by atoms with Crippen LogP contribution in [-0.4, -0.2) is 21.0 Å². The largest absolute Gasteiger partial charge is 0.294 e. The Hall–Kier alpha value is -1.62. The summed E-state index contributed by atoms with van der Waals surface area (Å²) in [6.45, 7) is 7.72. The summed E-state index contributed by atoms with van der Waals surface area (Å²) in [5.74, 6) is 0.911. The van der Waals surface area contributed by atoms with Gasteiger partial charge in [-0.25, -0.2) is 4.98 Å². The molecule has 1 aromatic carbocycles. The molecule has 0 unspecified atom stereocenters. The highest BCUT2D eigenvalue weighted by Gasteiger charge is 2.14. The van der Waals surface area contributed by atoms with Crippen LogP contribution in [0.2, 0.25) is 0 Å². The van der Waals surface area contributed by atoms with Crippen LogP contribution in [-0.2, 0) is 5.75 Å². The second-order valence-corrected chi connectivity index (χ2v) is 5.59. The van der Waals surface area contributed by atoms with Gasteiger partial charge in [0.1, 0.15) is 6.33 Å². The number of hydrogen-bond donors (Lipinski definition) is 1. The lowest BCUT2D eigenvalue weighted by Gasteiger charge is -2.15. The van der Waals surface area contributed by atoms with Gasteiger partial charge < -0.3 is 0 Å².